The van der Waals surface area contributed by atoms with Crippen molar-refractivity contribution in [1.29, 1.82) is 0 Å². The fourth-order valence-electron chi connectivity index (χ4n) is 6.56. The molecule has 2 heterocycles. The van der Waals surface area contributed by atoms with Gasteiger partial charge in [-0.2, -0.15) is 0 Å². The molecule has 2 heteroatoms. The van der Waals surface area contributed by atoms with Gasteiger partial charge in [0.15, 0.2) is 0 Å². The molecule has 0 saturated carbocycles. The summed E-state index contributed by atoms with van der Waals surface area (Å²) >= 11 is 3.76. The van der Waals surface area contributed by atoms with E-state index in [4.69, 9.17) is 0 Å². The summed E-state index contributed by atoms with van der Waals surface area (Å²) < 4.78 is 0. The highest BCUT2D eigenvalue weighted by atomic mass is 32.2. The highest BCUT2D eigenvalue weighted by Crippen LogP contribution is 2.49. The highest BCUT2D eigenvalue weighted by Gasteiger charge is 2.20. The summed E-state index contributed by atoms with van der Waals surface area (Å²) in [5, 5.41) is 7.86. The molecule has 0 saturated heterocycles. The third-order valence-electron chi connectivity index (χ3n) is 8.52. The van der Waals surface area contributed by atoms with Gasteiger partial charge in [0.25, 0.3) is 0 Å². The number of hydrogen-bond donors (Lipinski definition) is 0. The Bertz CT molecular complexity index is 2330. The van der Waals surface area contributed by atoms with Gasteiger partial charge in [-0.1, -0.05) is 127 Å². The quantitative estimate of drug-likeness (QED) is 0.191. The predicted molar refractivity (Wildman–Crippen MR) is 183 cm³/mol. The molecule has 0 fully saturated rings. The SMILES string of the molecule is c1ccc(-c2cccc3c2ccc2ccccc23)c(-c2ccc(-c3ccc4c(c3)-c3cccc5cccc(c35)S4)s2)c1. The zero-order chi connectivity index (χ0) is 27.6. The third-order valence-corrected chi connectivity index (χ3v) is 10.8. The number of hydrogen-bond acceptors (Lipinski definition) is 2. The largest absolute Gasteiger partial charge is 0.135 e. The maximum absolute atomic E-state index is 2.39. The van der Waals surface area contributed by atoms with Gasteiger partial charge in [-0.25, -0.2) is 0 Å². The van der Waals surface area contributed by atoms with Gasteiger partial charge >= 0.3 is 0 Å². The van der Waals surface area contributed by atoms with Crippen LogP contribution in [0.25, 0.3) is 75.5 Å². The second-order valence-electron chi connectivity index (χ2n) is 10.9. The summed E-state index contributed by atoms with van der Waals surface area (Å²) in [5.74, 6) is 0. The summed E-state index contributed by atoms with van der Waals surface area (Å²) in [6, 6.07) is 53.7. The Labute approximate surface area is 252 Å². The lowest BCUT2D eigenvalue weighted by Crippen LogP contribution is -1.93. The van der Waals surface area contributed by atoms with Crippen molar-refractivity contribution < 1.29 is 0 Å². The third kappa shape index (κ3) is 3.69. The first-order chi connectivity index (χ1) is 20.8. The second-order valence-corrected chi connectivity index (χ2v) is 13.0. The first kappa shape index (κ1) is 24.0. The van der Waals surface area contributed by atoms with Crippen molar-refractivity contribution in [2.24, 2.45) is 0 Å². The monoisotopic (exact) mass is 568 g/mol. The zero-order valence-electron chi connectivity index (χ0n) is 22.7. The molecule has 0 atom stereocenters. The average Bonchev–Trinajstić information content (AvgIpc) is 3.55. The van der Waals surface area contributed by atoms with E-state index in [1.807, 2.05) is 23.1 Å². The fourth-order valence-corrected chi connectivity index (χ4v) is 8.73. The van der Waals surface area contributed by atoms with Gasteiger partial charge in [-0.15, -0.1) is 11.3 Å². The molecule has 196 valence electrons. The molecule has 0 nitrogen and oxygen atoms in total. The second kappa shape index (κ2) is 9.46. The molecule has 0 bridgehead atoms. The lowest BCUT2D eigenvalue weighted by atomic mass is 9.92. The van der Waals surface area contributed by atoms with E-state index in [0.717, 1.165) is 0 Å². The van der Waals surface area contributed by atoms with Crippen molar-refractivity contribution in [1.82, 2.24) is 0 Å². The first-order valence-corrected chi connectivity index (χ1v) is 15.9. The summed E-state index contributed by atoms with van der Waals surface area (Å²) in [5.41, 5.74) is 7.78. The van der Waals surface area contributed by atoms with Crippen LogP contribution >= 0.6 is 23.1 Å². The molecular formula is C40H24S2. The van der Waals surface area contributed by atoms with E-state index in [0.29, 0.717) is 0 Å². The zero-order valence-corrected chi connectivity index (χ0v) is 24.3. The van der Waals surface area contributed by atoms with E-state index in [2.05, 4.69) is 146 Å². The van der Waals surface area contributed by atoms with Crippen molar-refractivity contribution in [2.45, 2.75) is 9.79 Å². The Balaban J connectivity index is 1.16. The van der Waals surface area contributed by atoms with Crippen LogP contribution in [0.1, 0.15) is 0 Å². The summed E-state index contributed by atoms with van der Waals surface area (Å²) in [6.07, 6.45) is 0. The Morgan fingerprint density at radius 2 is 1.07 bits per heavy atom. The van der Waals surface area contributed by atoms with E-state index in [-0.39, 0.29) is 0 Å². The lowest BCUT2D eigenvalue weighted by molar-refractivity contribution is 1.40. The van der Waals surface area contributed by atoms with E-state index in [1.54, 1.807) is 0 Å². The van der Waals surface area contributed by atoms with Gasteiger partial charge < -0.3 is 0 Å². The van der Waals surface area contributed by atoms with Crippen LogP contribution in [0.4, 0.5) is 0 Å². The van der Waals surface area contributed by atoms with E-state index in [1.165, 1.54) is 85.2 Å². The normalized spacial score (nSPS) is 12.2. The molecule has 0 spiro atoms. The van der Waals surface area contributed by atoms with Crippen LogP contribution in [0.3, 0.4) is 0 Å². The topological polar surface area (TPSA) is 0 Å². The fraction of sp³-hybridized carbons (Fsp3) is 0. The van der Waals surface area contributed by atoms with Crippen molar-refractivity contribution in [3.8, 4) is 43.1 Å². The molecule has 1 aliphatic heterocycles. The average molecular weight is 569 g/mol. The maximum atomic E-state index is 2.39. The Morgan fingerprint density at radius 3 is 2.02 bits per heavy atom. The molecule has 7 aromatic carbocycles. The highest BCUT2D eigenvalue weighted by molar-refractivity contribution is 7.99. The van der Waals surface area contributed by atoms with E-state index >= 15 is 0 Å². The van der Waals surface area contributed by atoms with Crippen LogP contribution in [-0.2, 0) is 0 Å². The molecule has 0 aliphatic carbocycles. The van der Waals surface area contributed by atoms with Crippen LogP contribution in [0, 0.1) is 0 Å². The Morgan fingerprint density at radius 1 is 0.357 bits per heavy atom. The molecule has 0 unspecified atom stereocenters. The Kier molecular flexibility index (Phi) is 5.41. The number of benzene rings is 7. The standard InChI is InChI=1S/C40H24S2/c1-2-11-28-25(8-1)18-20-32-29(28)14-7-15-30(32)31-12-3-4-13-33(31)37-23-22-36(41-37)27-19-21-38-35(24-27)34-16-5-9-26-10-6-17-39(42-38)40(26)34/h1-24H. The summed E-state index contributed by atoms with van der Waals surface area (Å²) in [4.78, 5) is 5.26. The minimum atomic E-state index is 1.27. The summed E-state index contributed by atoms with van der Waals surface area (Å²) in [6.45, 7) is 0. The van der Waals surface area contributed by atoms with E-state index < -0.39 is 0 Å². The van der Waals surface area contributed by atoms with Gasteiger partial charge in [-0.3, -0.25) is 0 Å². The van der Waals surface area contributed by atoms with Crippen molar-refractivity contribution in [3.05, 3.63) is 146 Å². The minimum absolute atomic E-state index is 1.27. The van der Waals surface area contributed by atoms with Crippen molar-refractivity contribution in [3.63, 3.8) is 0 Å². The smallest absolute Gasteiger partial charge is 0.0355 e. The summed E-state index contributed by atoms with van der Waals surface area (Å²) in [7, 11) is 0. The molecule has 9 rings (SSSR count). The molecule has 1 aromatic heterocycles. The molecule has 0 N–H and O–H groups in total. The molecule has 0 amide bonds. The van der Waals surface area contributed by atoms with Crippen LogP contribution in [-0.4, -0.2) is 0 Å². The predicted octanol–water partition coefficient (Wildman–Crippen LogP) is 12.3. The Hall–Kier alpha value is -4.63. The lowest BCUT2D eigenvalue weighted by Gasteiger charge is -2.20. The molecule has 42 heavy (non-hydrogen) atoms. The van der Waals surface area contributed by atoms with Crippen molar-refractivity contribution in [2.75, 3.05) is 0 Å². The maximum Gasteiger partial charge on any atom is 0.0355 e. The number of fused-ring (bicyclic) bond motifs is 5. The van der Waals surface area contributed by atoms with Gasteiger partial charge in [0, 0.05) is 24.9 Å². The van der Waals surface area contributed by atoms with Crippen molar-refractivity contribution >= 4 is 55.4 Å². The van der Waals surface area contributed by atoms with Crippen LogP contribution in [0.5, 0.6) is 0 Å². The number of thiophene rings is 1. The van der Waals surface area contributed by atoms with Gasteiger partial charge in [0.1, 0.15) is 0 Å². The number of rotatable bonds is 3. The van der Waals surface area contributed by atoms with Crippen LogP contribution < -0.4 is 0 Å². The molecule has 0 radical (unpaired) electrons. The van der Waals surface area contributed by atoms with Gasteiger partial charge in [0.2, 0.25) is 0 Å². The molecule has 8 aromatic rings. The van der Waals surface area contributed by atoms with Crippen LogP contribution in [0.2, 0.25) is 0 Å². The van der Waals surface area contributed by atoms with Gasteiger partial charge in [-0.05, 0) is 90.6 Å². The van der Waals surface area contributed by atoms with E-state index in [9.17, 15) is 0 Å². The molecular weight excluding hydrogens is 545 g/mol. The minimum Gasteiger partial charge on any atom is -0.135 e. The van der Waals surface area contributed by atoms with Gasteiger partial charge in [0.05, 0.1) is 0 Å². The first-order valence-electron chi connectivity index (χ1n) is 14.3. The van der Waals surface area contributed by atoms with Crippen LogP contribution in [0.15, 0.2) is 155 Å². The molecule has 1 aliphatic rings.